The summed E-state index contributed by atoms with van der Waals surface area (Å²) in [4.78, 5) is 16.4. The molecule has 0 bridgehead atoms. The number of aromatic nitrogens is 1. The van der Waals surface area contributed by atoms with Gasteiger partial charge in [-0.15, -0.1) is 0 Å². The molecule has 1 saturated heterocycles. The Bertz CT molecular complexity index is 1640. The molecule has 0 radical (unpaired) electrons. The van der Waals surface area contributed by atoms with Gasteiger partial charge in [-0.2, -0.15) is 0 Å². The molecule has 1 aromatic heterocycles. The number of hydrogen-bond donors (Lipinski definition) is 1. The van der Waals surface area contributed by atoms with E-state index in [4.69, 9.17) is 0 Å². The molecule has 2 atom stereocenters. The van der Waals surface area contributed by atoms with Gasteiger partial charge in [0, 0.05) is 52.4 Å². The van der Waals surface area contributed by atoms with Crippen LogP contribution in [-0.4, -0.2) is 34.4 Å². The molecule has 2 unspecified atom stereocenters. The maximum absolute atomic E-state index is 13.3. The van der Waals surface area contributed by atoms with Crippen molar-refractivity contribution in [2.45, 2.75) is 24.3 Å². The van der Waals surface area contributed by atoms with Crippen LogP contribution in [0, 0.1) is 5.82 Å². The van der Waals surface area contributed by atoms with E-state index in [-0.39, 0.29) is 28.4 Å². The largest absolute Gasteiger partial charge is 0.369 e. The number of halogens is 1. The Hall–Kier alpha value is -4.16. The Morgan fingerprint density at radius 3 is 2.38 bits per heavy atom. The van der Waals surface area contributed by atoms with Crippen LogP contribution in [0.2, 0.25) is 0 Å². The quantitative estimate of drug-likeness (QED) is 0.231. The topological polar surface area (TPSA) is 37.3 Å². The molecule has 0 aliphatic carbocycles. The van der Waals surface area contributed by atoms with E-state index in [0.29, 0.717) is 12.1 Å². The fraction of sp³-hybridized carbons (Fsp3) is 0.152. The summed E-state index contributed by atoms with van der Waals surface area (Å²) in [6.07, 6.45) is 3.11. The standard InChI is InChI=1S/C33H30FN3OS/c1-2-39(37-23-31(24-8-4-3-5-9-24)30-10-6-7-11-32(30)37)29-18-12-25(13-19-29)33(38)35-27-20-21-36(22-27)28-16-14-26(34)15-17-28/h2-19,23,27H,20-22H2,1H3,(H,35,38). The molecule has 6 heteroatoms. The first-order valence-electron chi connectivity index (χ1n) is 13.2. The van der Waals surface area contributed by atoms with Crippen LogP contribution in [0.1, 0.15) is 23.7 Å². The van der Waals surface area contributed by atoms with Gasteiger partial charge in [-0.3, -0.25) is 8.77 Å². The Labute approximate surface area is 230 Å². The number of para-hydroxylation sites is 1. The van der Waals surface area contributed by atoms with Crippen LogP contribution in [0.3, 0.4) is 0 Å². The van der Waals surface area contributed by atoms with E-state index >= 15 is 0 Å². The fourth-order valence-electron chi connectivity index (χ4n) is 5.30. The van der Waals surface area contributed by atoms with Gasteiger partial charge in [0.15, 0.2) is 0 Å². The van der Waals surface area contributed by atoms with Gasteiger partial charge in [0.25, 0.3) is 5.91 Å². The highest BCUT2D eigenvalue weighted by molar-refractivity contribution is 8.13. The first kappa shape index (κ1) is 25.1. The average Bonchev–Trinajstić information content (AvgIpc) is 3.60. The Balaban J connectivity index is 1.20. The van der Waals surface area contributed by atoms with Crippen molar-refractivity contribution in [2.75, 3.05) is 18.0 Å². The Morgan fingerprint density at radius 2 is 1.64 bits per heavy atom. The number of carbonyl (C=O) groups is 1. The summed E-state index contributed by atoms with van der Waals surface area (Å²) in [6, 6.07) is 33.6. The van der Waals surface area contributed by atoms with Gasteiger partial charge in [-0.25, -0.2) is 4.39 Å². The van der Waals surface area contributed by atoms with Crippen molar-refractivity contribution in [3.05, 3.63) is 121 Å². The molecule has 196 valence electrons. The number of amides is 1. The molecule has 4 nitrogen and oxygen atoms in total. The van der Waals surface area contributed by atoms with Crippen LogP contribution < -0.4 is 10.2 Å². The summed E-state index contributed by atoms with van der Waals surface area (Å²) in [5.41, 5.74) is 5.23. The lowest BCUT2D eigenvalue weighted by atomic mass is 10.1. The molecule has 1 aliphatic heterocycles. The van der Waals surface area contributed by atoms with E-state index in [9.17, 15) is 9.18 Å². The van der Waals surface area contributed by atoms with Gasteiger partial charge in [-0.05, 0) is 78.9 Å². The lowest BCUT2D eigenvalue weighted by molar-refractivity contribution is 0.0940. The second-order valence-corrected chi connectivity index (χ2v) is 11.7. The SMILES string of the molecule is C/C=S(/c1ccc(C(=O)NC2CCN(c3ccc(F)cc3)C2)cc1)n1cc(-c2ccccc2)c2ccccc21. The van der Waals surface area contributed by atoms with E-state index < -0.39 is 0 Å². The molecular weight excluding hydrogens is 505 g/mol. The van der Waals surface area contributed by atoms with Crippen LogP contribution in [0.4, 0.5) is 10.1 Å². The van der Waals surface area contributed by atoms with Crippen molar-refractivity contribution in [3.63, 3.8) is 0 Å². The number of hydrogen-bond acceptors (Lipinski definition) is 2. The van der Waals surface area contributed by atoms with Crippen LogP contribution in [0.5, 0.6) is 0 Å². The van der Waals surface area contributed by atoms with E-state index in [1.54, 1.807) is 12.1 Å². The molecule has 0 saturated carbocycles. The van der Waals surface area contributed by atoms with E-state index in [2.05, 4.69) is 93.3 Å². The summed E-state index contributed by atoms with van der Waals surface area (Å²) in [5, 5.41) is 6.63. The smallest absolute Gasteiger partial charge is 0.251 e. The zero-order chi connectivity index (χ0) is 26.8. The number of anilines is 1. The third-order valence-electron chi connectivity index (χ3n) is 7.27. The van der Waals surface area contributed by atoms with Crippen molar-refractivity contribution >= 4 is 38.5 Å². The summed E-state index contributed by atoms with van der Waals surface area (Å²) < 4.78 is 15.6. The van der Waals surface area contributed by atoms with Gasteiger partial charge < -0.3 is 10.2 Å². The molecule has 5 aromatic rings. The predicted molar refractivity (Wildman–Crippen MR) is 161 cm³/mol. The van der Waals surface area contributed by atoms with Crippen LogP contribution in [-0.2, 0) is 0 Å². The van der Waals surface area contributed by atoms with Gasteiger partial charge in [0.1, 0.15) is 5.82 Å². The lowest BCUT2D eigenvalue weighted by Crippen LogP contribution is -2.37. The first-order chi connectivity index (χ1) is 19.1. The average molecular weight is 536 g/mol. The highest BCUT2D eigenvalue weighted by Crippen LogP contribution is 2.38. The number of fused-ring (bicyclic) bond motifs is 1. The minimum absolute atomic E-state index is 0.0588. The van der Waals surface area contributed by atoms with Gasteiger partial charge in [0.2, 0.25) is 0 Å². The molecule has 39 heavy (non-hydrogen) atoms. The highest BCUT2D eigenvalue weighted by Gasteiger charge is 2.24. The normalized spacial score (nSPS) is 16.1. The second-order valence-electron chi connectivity index (χ2n) is 9.71. The fourth-order valence-corrected chi connectivity index (χ4v) is 7.03. The Morgan fingerprint density at radius 1 is 0.923 bits per heavy atom. The monoisotopic (exact) mass is 535 g/mol. The van der Waals surface area contributed by atoms with Crippen LogP contribution in [0.15, 0.2) is 114 Å². The number of rotatable bonds is 6. The van der Waals surface area contributed by atoms with Crippen molar-refractivity contribution in [3.8, 4) is 11.1 Å². The molecule has 1 amide bonds. The minimum Gasteiger partial charge on any atom is -0.369 e. The summed E-state index contributed by atoms with van der Waals surface area (Å²) in [6.45, 7) is 3.64. The predicted octanol–water partition coefficient (Wildman–Crippen LogP) is 7.37. The summed E-state index contributed by atoms with van der Waals surface area (Å²) >= 11 is 0. The third-order valence-corrected chi connectivity index (χ3v) is 9.20. The Kier molecular flexibility index (Phi) is 7.03. The number of carbonyl (C=O) groups excluding carboxylic acids is 1. The molecule has 6 rings (SSSR count). The highest BCUT2D eigenvalue weighted by atomic mass is 32.2. The van der Waals surface area contributed by atoms with Crippen molar-refractivity contribution < 1.29 is 9.18 Å². The molecule has 2 heterocycles. The van der Waals surface area contributed by atoms with E-state index in [1.807, 2.05) is 18.2 Å². The van der Waals surface area contributed by atoms with Crippen molar-refractivity contribution in [1.82, 2.24) is 9.29 Å². The molecule has 1 fully saturated rings. The number of nitrogens with zero attached hydrogens (tertiary/aromatic N) is 2. The lowest BCUT2D eigenvalue weighted by Gasteiger charge is -2.19. The summed E-state index contributed by atoms with van der Waals surface area (Å²) in [5.74, 6) is -0.304. The van der Waals surface area contributed by atoms with Gasteiger partial charge >= 0.3 is 0 Å². The van der Waals surface area contributed by atoms with Gasteiger partial charge in [0.05, 0.1) is 5.52 Å². The van der Waals surface area contributed by atoms with Crippen LogP contribution in [0.25, 0.3) is 22.0 Å². The summed E-state index contributed by atoms with van der Waals surface area (Å²) in [7, 11) is -0.312. The first-order valence-corrected chi connectivity index (χ1v) is 14.5. The molecule has 4 aromatic carbocycles. The maximum Gasteiger partial charge on any atom is 0.251 e. The molecule has 0 spiro atoms. The third kappa shape index (κ3) is 5.12. The van der Waals surface area contributed by atoms with E-state index in [1.165, 1.54) is 34.2 Å². The zero-order valence-electron chi connectivity index (χ0n) is 21.8. The minimum atomic E-state index is -0.312. The number of nitrogens with one attached hydrogen (secondary N) is 1. The zero-order valence-corrected chi connectivity index (χ0v) is 22.6. The molecule has 1 N–H and O–H groups in total. The number of benzene rings is 4. The molecular formula is C33H30FN3OS. The second kappa shape index (κ2) is 10.9. The van der Waals surface area contributed by atoms with Crippen molar-refractivity contribution in [2.24, 2.45) is 0 Å². The maximum atomic E-state index is 13.3. The van der Waals surface area contributed by atoms with Crippen molar-refractivity contribution in [1.29, 1.82) is 0 Å². The van der Waals surface area contributed by atoms with Gasteiger partial charge in [-0.1, -0.05) is 59.2 Å². The van der Waals surface area contributed by atoms with E-state index in [0.717, 1.165) is 23.5 Å². The van der Waals surface area contributed by atoms with Crippen LogP contribution >= 0.6 is 10.7 Å². The molecule has 1 aliphatic rings.